The maximum absolute atomic E-state index is 12.8. The van der Waals surface area contributed by atoms with Crippen LogP contribution in [0, 0.1) is 0 Å². The van der Waals surface area contributed by atoms with Gasteiger partial charge in [0, 0.05) is 0 Å². The van der Waals surface area contributed by atoms with Gasteiger partial charge in [-0.2, -0.15) is 13.2 Å². The number of aromatic carboxylic acids is 1. The first-order valence-corrected chi connectivity index (χ1v) is 9.72. The van der Waals surface area contributed by atoms with Gasteiger partial charge in [-0.25, -0.2) is 9.59 Å². The lowest BCUT2D eigenvalue weighted by molar-refractivity contribution is -0.145. The molecule has 1 unspecified atom stereocenters. The van der Waals surface area contributed by atoms with Crippen LogP contribution in [-0.4, -0.2) is 28.3 Å². The molecule has 0 heterocycles. The fourth-order valence-corrected chi connectivity index (χ4v) is 2.91. The summed E-state index contributed by atoms with van der Waals surface area (Å²) in [5.41, 5.74) is -1.31. The summed E-state index contributed by atoms with van der Waals surface area (Å²) in [6.45, 7) is 1.96. The van der Waals surface area contributed by atoms with Crippen LogP contribution < -0.4 is 9.47 Å². The van der Waals surface area contributed by atoms with E-state index in [4.69, 9.17) is 21.1 Å². The third-order valence-electron chi connectivity index (χ3n) is 4.28. The van der Waals surface area contributed by atoms with Gasteiger partial charge in [0.1, 0.15) is 22.8 Å². The standard InChI is InChI=1S/C21H20ClF3O6/c1-2-3-4-5-18(20(28)29)31-16-9-7-13(11-14(16)19(26)27)30-17-8-6-12(10-15(17)22)21(23,24)25/h6-11,18H,2-5H2,1H3,(H,26,27)(H,28,29). The van der Waals surface area contributed by atoms with Crippen LogP contribution in [-0.2, 0) is 11.0 Å². The van der Waals surface area contributed by atoms with Crippen molar-refractivity contribution in [3.8, 4) is 17.2 Å². The van der Waals surface area contributed by atoms with Gasteiger partial charge in [0.2, 0.25) is 0 Å². The quantitative estimate of drug-likeness (QED) is 0.406. The molecule has 0 bridgehead atoms. The predicted molar refractivity (Wildman–Crippen MR) is 106 cm³/mol. The monoisotopic (exact) mass is 460 g/mol. The molecule has 0 spiro atoms. The Balaban J connectivity index is 2.26. The van der Waals surface area contributed by atoms with E-state index in [9.17, 15) is 33.0 Å². The van der Waals surface area contributed by atoms with Crippen LogP contribution in [0.2, 0.25) is 5.02 Å². The third kappa shape index (κ3) is 6.78. The first-order chi connectivity index (χ1) is 14.5. The number of carbonyl (C=O) groups is 2. The summed E-state index contributed by atoms with van der Waals surface area (Å²) in [6.07, 6.45) is -3.30. The summed E-state index contributed by atoms with van der Waals surface area (Å²) in [4.78, 5) is 23.1. The predicted octanol–water partition coefficient (Wildman–Crippen LogP) is 6.26. The normalized spacial score (nSPS) is 12.3. The molecule has 0 aromatic heterocycles. The van der Waals surface area contributed by atoms with Crippen LogP contribution >= 0.6 is 11.6 Å². The largest absolute Gasteiger partial charge is 0.479 e. The van der Waals surface area contributed by atoms with Crippen LogP contribution in [0.3, 0.4) is 0 Å². The first kappa shape index (κ1) is 24.3. The van der Waals surface area contributed by atoms with Gasteiger partial charge >= 0.3 is 18.1 Å². The molecule has 0 radical (unpaired) electrons. The highest BCUT2D eigenvalue weighted by Crippen LogP contribution is 2.37. The van der Waals surface area contributed by atoms with Gasteiger partial charge in [-0.1, -0.05) is 31.4 Å². The Morgan fingerprint density at radius 2 is 1.74 bits per heavy atom. The summed E-state index contributed by atoms with van der Waals surface area (Å²) < 4.78 is 49.1. The highest BCUT2D eigenvalue weighted by Gasteiger charge is 2.31. The second kappa shape index (κ2) is 10.4. The molecule has 0 saturated heterocycles. The average molecular weight is 461 g/mol. The van der Waals surface area contributed by atoms with Crippen LogP contribution in [0.15, 0.2) is 36.4 Å². The maximum Gasteiger partial charge on any atom is 0.416 e. The number of alkyl halides is 3. The molecule has 10 heteroatoms. The minimum Gasteiger partial charge on any atom is -0.479 e. The third-order valence-corrected chi connectivity index (χ3v) is 4.58. The van der Waals surface area contributed by atoms with Crippen molar-refractivity contribution in [3.05, 3.63) is 52.5 Å². The van der Waals surface area contributed by atoms with Crippen molar-refractivity contribution in [2.75, 3.05) is 0 Å². The smallest absolute Gasteiger partial charge is 0.416 e. The molecule has 0 amide bonds. The number of halogens is 4. The lowest BCUT2D eigenvalue weighted by Gasteiger charge is -2.17. The van der Waals surface area contributed by atoms with E-state index < -0.39 is 29.8 Å². The Kier molecular flexibility index (Phi) is 8.15. The van der Waals surface area contributed by atoms with Gasteiger partial charge in [-0.05, 0) is 49.2 Å². The lowest BCUT2D eigenvalue weighted by atomic mass is 10.1. The number of unbranched alkanes of at least 4 members (excludes halogenated alkanes) is 2. The molecule has 0 aliphatic carbocycles. The maximum atomic E-state index is 12.8. The van der Waals surface area contributed by atoms with E-state index in [1.54, 1.807) is 0 Å². The summed E-state index contributed by atoms with van der Waals surface area (Å²) in [6, 6.07) is 6.11. The second-order valence-electron chi connectivity index (χ2n) is 6.65. The van der Waals surface area contributed by atoms with Crippen molar-refractivity contribution in [1.82, 2.24) is 0 Å². The molecule has 0 saturated carbocycles. The van der Waals surface area contributed by atoms with E-state index in [2.05, 4.69) is 0 Å². The number of carboxylic acid groups (broad SMARTS) is 2. The molecule has 2 rings (SSSR count). The average Bonchev–Trinajstić information content (AvgIpc) is 2.68. The number of carboxylic acids is 2. The van der Waals surface area contributed by atoms with Crippen molar-refractivity contribution < 1.29 is 42.4 Å². The summed E-state index contributed by atoms with van der Waals surface area (Å²) in [5, 5.41) is 18.5. The molecule has 6 nitrogen and oxygen atoms in total. The van der Waals surface area contributed by atoms with Crippen molar-refractivity contribution in [1.29, 1.82) is 0 Å². The van der Waals surface area contributed by atoms with Gasteiger partial charge < -0.3 is 19.7 Å². The van der Waals surface area contributed by atoms with Crippen LogP contribution in [0.4, 0.5) is 13.2 Å². The summed E-state index contributed by atoms with van der Waals surface area (Å²) >= 11 is 5.85. The Hall–Kier alpha value is -2.94. The number of ether oxygens (including phenoxy) is 2. The molecular formula is C21H20ClF3O6. The van der Waals surface area contributed by atoms with Crippen LogP contribution in [0.25, 0.3) is 0 Å². The fraction of sp³-hybridized carbons (Fsp3) is 0.333. The van der Waals surface area contributed by atoms with Gasteiger partial charge in [0.25, 0.3) is 0 Å². The Bertz CT molecular complexity index is 945. The molecule has 2 aromatic carbocycles. The van der Waals surface area contributed by atoms with E-state index in [1.807, 2.05) is 6.92 Å². The summed E-state index contributed by atoms with van der Waals surface area (Å²) in [5.74, 6) is -2.91. The Labute approximate surface area is 181 Å². The number of hydrogen-bond donors (Lipinski definition) is 2. The zero-order valence-electron chi connectivity index (χ0n) is 16.4. The number of hydrogen-bond acceptors (Lipinski definition) is 4. The Morgan fingerprint density at radius 1 is 1.06 bits per heavy atom. The second-order valence-corrected chi connectivity index (χ2v) is 7.06. The zero-order chi connectivity index (χ0) is 23.2. The van der Waals surface area contributed by atoms with E-state index in [-0.39, 0.29) is 34.3 Å². The summed E-state index contributed by atoms with van der Waals surface area (Å²) in [7, 11) is 0. The molecular weight excluding hydrogens is 441 g/mol. The zero-order valence-corrected chi connectivity index (χ0v) is 17.2. The van der Waals surface area contributed by atoms with Gasteiger partial charge in [0.05, 0.1) is 10.6 Å². The van der Waals surface area contributed by atoms with E-state index in [1.165, 1.54) is 12.1 Å². The lowest BCUT2D eigenvalue weighted by Crippen LogP contribution is -2.27. The molecule has 2 N–H and O–H groups in total. The Morgan fingerprint density at radius 3 is 2.29 bits per heavy atom. The van der Waals surface area contributed by atoms with Crippen LogP contribution in [0.1, 0.15) is 48.5 Å². The van der Waals surface area contributed by atoms with Gasteiger partial charge in [0.15, 0.2) is 6.10 Å². The number of aliphatic carboxylic acids is 1. The number of benzene rings is 2. The van der Waals surface area contributed by atoms with Crippen molar-refractivity contribution >= 4 is 23.5 Å². The van der Waals surface area contributed by atoms with Gasteiger partial charge in [-0.15, -0.1) is 0 Å². The topological polar surface area (TPSA) is 93.1 Å². The minimum atomic E-state index is -4.57. The van der Waals surface area contributed by atoms with Crippen molar-refractivity contribution in [2.24, 2.45) is 0 Å². The molecule has 168 valence electrons. The van der Waals surface area contributed by atoms with E-state index in [0.717, 1.165) is 31.0 Å². The van der Waals surface area contributed by atoms with Gasteiger partial charge in [-0.3, -0.25) is 0 Å². The molecule has 2 aromatic rings. The minimum absolute atomic E-state index is 0.0238. The molecule has 31 heavy (non-hydrogen) atoms. The molecule has 0 aliphatic heterocycles. The van der Waals surface area contributed by atoms with Crippen molar-refractivity contribution in [2.45, 2.75) is 44.9 Å². The molecule has 0 aliphatic rings. The van der Waals surface area contributed by atoms with Crippen LogP contribution in [0.5, 0.6) is 17.2 Å². The van der Waals surface area contributed by atoms with E-state index in [0.29, 0.717) is 12.5 Å². The fourth-order valence-electron chi connectivity index (χ4n) is 2.70. The highest BCUT2D eigenvalue weighted by molar-refractivity contribution is 6.32. The SMILES string of the molecule is CCCCCC(Oc1ccc(Oc2ccc(C(F)(F)F)cc2Cl)cc1C(=O)O)C(=O)O. The van der Waals surface area contributed by atoms with E-state index >= 15 is 0 Å². The first-order valence-electron chi connectivity index (χ1n) is 9.34. The highest BCUT2D eigenvalue weighted by atomic mass is 35.5. The molecule has 1 atom stereocenters. The molecule has 0 fully saturated rings. The number of rotatable bonds is 10. The van der Waals surface area contributed by atoms with Crippen molar-refractivity contribution in [3.63, 3.8) is 0 Å².